The van der Waals surface area contributed by atoms with Crippen molar-refractivity contribution >= 4 is 5.97 Å². The molecule has 7 heteroatoms. The molecule has 1 aromatic rings. The Kier molecular flexibility index (Phi) is 2.65. The first kappa shape index (κ1) is 11.4. The molecule has 0 saturated carbocycles. The van der Waals surface area contributed by atoms with Crippen LogP contribution >= 0.6 is 0 Å². The molecule has 1 N–H and O–H groups in total. The van der Waals surface area contributed by atoms with Gasteiger partial charge in [0.05, 0.1) is 5.56 Å². The van der Waals surface area contributed by atoms with Crippen LogP contribution in [0.2, 0.25) is 0 Å². The van der Waals surface area contributed by atoms with Gasteiger partial charge in [-0.05, 0) is 12.1 Å². The summed E-state index contributed by atoms with van der Waals surface area (Å²) in [6.07, 6.45) is -5.26. The maximum absolute atomic E-state index is 12.9. The molecule has 0 heterocycles. The molecule has 0 spiro atoms. The Hall–Kier alpha value is -1.66. The second-order valence-electron chi connectivity index (χ2n) is 2.59. The molecule has 1 rings (SSSR count). The summed E-state index contributed by atoms with van der Waals surface area (Å²) in [7, 11) is 0. The van der Waals surface area contributed by atoms with Crippen molar-refractivity contribution in [2.75, 3.05) is 0 Å². The summed E-state index contributed by atoms with van der Waals surface area (Å²) in [5, 5.41) is 8.32. The molecular weight excluding hydrogens is 223 g/mol. The molecule has 0 aliphatic heterocycles. The molecular formula is C8H3F5O2. The monoisotopic (exact) mass is 226 g/mol. The highest BCUT2D eigenvalue weighted by molar-refractivity contribution is 5.88. The molecule has 0 aliphatic rings. The third-order valence-corrected chi connectivity index (χ3v) is 1.60. The normalized spacial score (nSPS) is 11.5. The number of carboxylic acid groups (broad SMARTS) is 1. The standard InChI is InChI=1S/C8H3F5O2/c9-4-2-1-3(7(14)15)6(10)5(4)8(11,12)13/h1-2H,(H,14,15). The fourth-order valence-corrected chi connectivity index (χ4v) is 0.978. The van der Waals surface area contributed by atoms with Gasteiger partial charge in [0.1, 0.15) is 11.4 Å². The van der Waals surface area contributed by atoms with Gasteiger partial charge in [-0.2, -0.15) is 13.2 Å². The summed E-state index contributed by atoms with van der Waals surface area (Å²) in [5.41, 5.74) is -3.41. The zero-order chi connectivity index (χ0) is 11.8. The number of carboxylic acids is 1. The summed E-state index contributed by atoms with van der Waals surface area (Å²) in [6, 6.07) is 0.692. The van der Waals surface area contributed by atoms with Crippen molar-refractivity contribution in [2.24, 2.45) is 0 Å². The molecule has 82 valence electrons. The fraction of sp³-hybridized carbons (Fsp3) is 0.125. The SMILES string of the molecule is O=C(O)c1ccc(F)c(C(F)(F)F)c1F. The van der Waals surface area contributed by atoms with Gasteiger partial charge < -0.3 is 5.11 Å². The lowest BCUT2D eigenvalue weighted by Gasteiger charge is -2.10. The smallest absolute Gasteiger partial charge is 0.422 e. The highest BCUT2D eigenvalue weighted by Gasteiger charge is 2.39. The van der Waals surface area contributed by atoms with E-state index in [0.29, 0.717) is 6.07 Å². The van der Waals surface area contributed by atoms with Gasteiger partial charge in [0, 0.05) is 0 Å². The van der Waals surface area contributed by atoms with Gasteiger partial charge >= 0.3 is 12.1 Å². The van der Waals surface area contributed by atoms with Crippen LogP contribution in [-0.2, 0) is 6.18 Å². The van der Waals surface area contributed by atoms with E-state index in [0.717, 1.165) is 0 Å². The topological polar surface area (TPSA) is 37.3 Å². The summed E-state index contributed by atoms with van der Waals surface area (Å²) in [4.78, 5) is 10.3. The van der Waals surface area contributed by atoms with Crippen LogP contribution in [0.15, 0.2) is 12.1 Å². The van der Waals surface area contributed by atoms with Crippen LogP contribution < -0.4 is 0 Å². The fourth-order valence-electron chi connectivity index (χ4n) is 0.978. The number of hydrogen-bond donors (Lipinski definition) is 1. The van der Waals surface area contributed by atoms with Gasteiger partial charge in [0.25, 0.3) is 0 Å². The molecule has 0 bridgehead atoms. The minimum absolute atomic E-state index is 0.259. The number of rotatable bonds is 1. The van der Waals surface area contributed by atoms with Crippen LogP contribution in [0.3, 0.4) is 0 Å². The van der Waals surface area contributed by atoms with Gasteiger partial charge in [-0.1, -0.05) is 0 Å². The van der Waals surface area contributed by atoms with Crippen LogP contribution in [-0.4, -0.2) is 11.1 Å². The van der Waals surface area contributed by atoms with Crippen molar-refractivity contribution in [3.05, 3.63) is 34.9 Å². The predicted octanol–water partition coefficient (Wildman–Crippen LogP) is 2.68. The second-order valence-corrected chi connectivity index (χ2v) is 2.59. The van der Waals surface area contributed by atoms with E-state index in [1.807, 2.05) is 0 Å². The molecule has 0 radical (unpaired) electrons. The lowest BCUT2D eigenvalue weighted by molar-refractivity contribution is -0.142. The average molecular weight is 226 g/mol. The second kappa shape index (κ2) is 3.48. The Bertz CT molecular complexity index is 410. The van der Waals surface area contributed by atoms with E-state index in [1.165, 1.54) is 0 Å². The van der Waals surface area contributed by atoms with Crippen molar-refractivity contribution in [2.45, 2.75) is 6.18 Å². The molecule has 0 aromatic heterocycles. The molecule has 15 heavy (non-hydrogen) atoms. The number of benzene rings is 1. The van der Waals surface area contributed by atoms with E-state index >= 15 is 0 Å². The number of alkyl halides is 3. The molecule has 1 aromatic carbocycles. The first-order valence-electron chi connectivity index (χ1n) is 3.53. The van der Waals surface area contributed by atoms with Crippen LogP contribution in [0.4, 0.5) is 22.0 Å². The Morgan fingerprint density at radius 1 is 1.20 bits per heavy atom. The summed E-state index contributed by atoms with van der Waals surface area (Å²) >= 11 is 0. The van der Waals surface area contributed by atoms with Crippen LogP contribution in [0.25, 0.3) is 0 Å². The van der Waals surface area contributed by atoms with E-state index < -0.39 is 34.9 Å². The predicted molar refractivity (Wildman–Crippen MR) is 38.3 cm³/mol. The zero-order valence-corrected chi connectivity index (χ0v) is 6.90. The van der Waals surface area contributed by atoms with E-state index in [2.05, 4.69) is 0 Å². The number of aromatic carboxylic acids is 1. The lowest BCUT2D eigenvalue weighted by atomic mass is 10.1. The summed E-state index contributed by atoms with van der Waals surface area (Å²) in [5.74, 6) is -5.85. The third-order valence-electron chi connectivity index (χ3n) is 1.60. The molecule has 0 atom stereocenters. The van der Waals surface area contributed by atoms with Crippen LogP contribution in [0, 0.1) is 11.6 Å². The van der Waals surface area contributed by atoms with E-state index in [9.17, 15) is 26.7 Å². The quantitative estimate of drug-likeness (QED) is 0.747. The maximum Gasteiger partial charge on any atom is 0.422 e. The third kappa shape index (κ3) is 2.05. The van der Waals surface area contributed by atoms with Gasteiger partial charge in [-0.15, -0.1) is 0 Å². The minimum atomic E-state index is -5.26. The van der Waals surface area contributed by atoms with Crippen molar-refractivity contribution < 1.29 is 31.9 Å². The van der Waals surface area contributed by atoms with Crippen molar-refractivity contribution in [1.29, 1.82) is 0 Å². The minimum Gasteiger partial charge on any atom is -0.478 e. The lowest BCUT2D eigenvalue weighted by Crippen LogP contribution is -2.15. The number of hydrogen-bond acceptors (Lipinski definition) is 1. The van der Waals surface area contributed by atoms with E-state index in [-0.39, 0.29) is 6.07 Å². The van der Waals surface area contributed by atoms with Crippen molar-refractivity contribution in [3.8, 4) is 0 Å². The summed E-state index contributed by atoms with van der Waals surface area (Å²) < 4.78 is 61.8. The average Bonchev–Trinajstić information content (AvgIpc) is 2.00. The molecule has 0 fully saturated rings. The van der Waals surface area contributed by atoms with Crippen LogP contribution in [0.1, 0.15) is 15.9 Å². The molecule has 0 amide bonds. The van der Waals surface area contributed by atoms with Crippen molar-refractivity contribution in [1.82, 2.24) is 0 Å². The molecule has 2 nitrogen and oxygen atoms in total. The van der Waals surface area contributed by atoms with Gasteiger partial charge in [0.2, 0.25) is 0 Å². The summed E-state index contributed by atoms with van der Waals surface area (Å²) in [6.45, 7) is 0. The molecule has 0 aliphatic carbocycles. The first-order valence-corrected chi connectivity index (χ1v) is 3.53. The largest absolute Gasteiger partial charge is 0.478 e. The van der Waals surface area contributed by atoms with Crippen LogP contribution in [0.5, 0.6) is 0 Å². The number of halogens is 5. The Labute approximate surface area is 79.9 Å². The molecule has 0 unspecified atom stereocenters. The van der Waals surface area contributed by atoms with Gasteiger partial charge in [-0.25, -0.2) is 13.6 Å². The first-order chi connectivity index (χ1) is 6.75. The van der Waals surface area contributed by atoms with E-state index in [4.69, 9.17) is 5.11 Å². The molecule has 0 saturated heterocycles. The Morgan fingerprint density at radius 3 is 2.13 bits per heavy atom. The zero-order valence-electron chi connectivity index (χ0n) is 6.90. The van der Waals surface area contributed by atoms with Gasteiger partial charge in [-0.3, -0.25) is 0 Å². The highest BCUT2D eigenvalue weighted by atomic mass is 19.4. The highest BCUT2D eigenvalue weighted by Crippen LogP contribution is 2.34. The van der Waals surface area contributed by atoms with E-state index in [1.54, 1.807) is 0 Å². The van der Waals surface area contributed by atoms with Crippen molar-refractivity contribution in [3.63, 3.8) is 0 Å². The maximum atomic E-state index is 12.9. The Balaban J connectivity index is 3.51. The Morgan fingerprint density at radius 2 is 1.73 bits per heavy atom. The number of carbonyl (C=O) groups is 1. The van der Waals surface area contributed by atoms with Gasteiger partial charge in [0.15, 0.2) is 5.82 Å².